The van der Waals surface area contributed by atoms with Crippen LogP contribution in [0.1, 0.15) is 40.7 Å². The van der Waals surface area contributed by atoms with Crippen LogP contribution in [-0.2, 0) is 22.6 Å². The minimum atomic E-state index is -0.954. The maximum absolute atomic E-state index is 13.7. The maximum Gasteiger partial charge on any atom is 0.303 e. The van der Waals surface area contributed by atoms with Crippen LogP contribution < -0.4 is 23.8 Å². The third-order valence-electron chi connectivity index (χ3n) is 7.31. The van der Waals surface area contributed by atoms with Gasteiger partial charge < -0.3 is 34.1 Å². The average Bonchev–Trinajstić information content (AvgIpc) is 3.53. The second kappa shape index (κ2) is 14.3. The van der Waals surface area contributed by atoms with Gasteiger partial charge >= 0.3 is 11.9 Å². The number of carbonyl (C=O) groups is 3. The van der Waals surface area contributed by atoms with Crippen LogP contribution in [0, 0.1) is 0 Å². The molecule has 4 aromatic rings. The van der Waals surface area contributed by atoms with Gasteiger partial charge in [0, 0.05) is 36.7 Å². The summed E-state index contributed by atoms with van der Waals surface area (Å²) in [4.78, 5) is 37.6. The average molecular weight is 612 g/mol. The second-order valence-corrected chi connectivity index (χ2v) is 10.4. The molecule has 0 aromatic heterocycles. The summed E-state index contributed by atoms with van der Waals surface area (Å²) in [5.74, 6) is 0.0746. The van der Waals surface area contributed by atoms with Gasteiger partial charge in [-0.05, 0) is 78.1 Å². The molecule has 1 heterocycles. The summed E-state index contributed by atoms with van der Waals surface area (Å²) >= 11 is 0. The van der Waals surface area contributed by atoms with Gasteiger partial charge in [-0.25, -0.2) is 0 Å². The number of hydrogen-bond donors (Lipinski definition) is 2. The zero-order valence-electron chi connectivity index (χ0n) is 24.7. The van der Waals surface area contributed by atoms with Crippen molar-refractivity contribution in [3.63, 3.8) is 0 Å². The summed E-state index contributed by atoms with van der Waals surface area (Å²) in [6.07, 6.45) is 0.362. The first-order valence-electron chi connectivity index (χ1n) is 14.5. The monoisotopic (exact) mass is 611 g/mol. The lowest BCUT2D eigenvalue weighted by molar-refractivity contribution is -0.138. The molecule has 10 heteroatoms. The van der Waals surface area contributed by atoms with Crippen LogP contribution >= 0.6 is 0 Å². The van der Waals surface area contributed by atoms with Crippen LogP contribution in [0.15, 0.2) is 84.9 Å². The number of nitrogens with zero attached hydrogens (tertiary/aromatic N) is 1. The fraction of sp³-hybridized carbons (Fsp3) is 0.229. The normalized spacial score (nSPS) is 11.6. The molecule has 4 aromatic carbocycles. The molecule has 0 aliphatic carbocycles. The number of carboxylic acid groups (broad SMARTS) is 2. The number of benzene rings is 4. The molecule has 0 saturated carbocycles. The standard InChI is InChI=1S/C35H33NO9/c1-36(27-8-3-2-4-9-27)35(41)26-17-25(23-12-14-31-32(20-23)45-22-44-31)18-28(19-26)43-21-24-7-5-10-30(29(24)13-15-34(39)40)42-16-6-11-33(37)38/h2-5,7-10,12,14,17-20H,6,11,13,15-16,21-22H2,1H3,(H,37,38)(H,39,40). The lowest BCUT2D eigenvalue weighted by Gasteiger charge is -2.19. The van der Waals surface area contributed by atoms with Crippen LogP contribution in [0.2, 0.25) is 0 Å². The summed E-state index contributed by atoms with van der Waals surface area (Å²) in [5, 5.41) is 18.3. The molecule has 0 atom stereocenters. The van der Waals surface area contributed by atoms with E-state index in [4.69, 9.17) is 24.1 Å². The van der Waals surface area contributed by atoms with Crippen molar-refractivity contribution in [1.82, 2.24) is 0 Å². The Balaban J connectivity index is 1.45. The molecule has 1 amide bonds. The van der Waals surface area contributed by atoms with E-state index < -0.39 is 11.9 Å². The number of fused-ring (bicyclic) bond motifs is 1. The molecule has 45 heavy (non-hydrogen) atoms. The zero-order valence-corrected chi connectivity index (χ0v) is 24.7. The number of carboxylic acids is 2. The molecule has 0 fully saturated rings. The van der Waals surface area contributed by atoms with Gasteiger partial charge in [-0.15, -0.1) is 0 Å². The first-order valence-corrected chi connectivity index (χ1v) is 14.5. The van der Waals surface area contributed by atoms with Crippen molar-refractivity contribution < 1.29 is 43.5 Å². The fourth-order valence-corrected chi connectivity index (χ4v) is 4.97. The van der Waals surface area contributed by atoms with Crippen LogP contribution in [-0.4, -0.2) is 48.5 Å². The molecule has 5 rings (SSSR count). The number of ether oxygens (including phenoxy) is 4. The summed E-state index contributed by atoms with van der Waals surface area (Å²) in [7, 11) is 1.71. The van der Waals surface area contributed by atoms with E-state index in [1.165, 1.54) is 0 Å². The largest absolute Gasteiger partial charge is 0.493 e. The Morgan fingerprint density at radius 3 is 2.36 bits per heavy atom. The van der Waals surface area contributed by atoms with Gasteiger partial charge in [0.25, 0.3) is 5.91 Å². The number of aliphatic carboxylic acids is 2. The molecule has 2 N–H and O–H groups in total. The van der Waals surface area contributed by atoms with Crippen LogP contribution in [0.5, 0.6) is 23.0 Å². The molecule has 0 spiro atoms. The summed E-state index contributed by atoms with van der Waals surface area (Å²) < 4.78 is 23.2. The Morgan fingerprint density at radius 2 is 1.58 bits per heavy atom. The maximum atomic E-state index is 13.7. The van der Waals surface area contributed by atoms with Crippen LogP contribution in [0.3, 0.4) is 0 Å². The van der Waals surface area contributed by atoms with Gasteiger partial charge in [0.2, 0.25) is 6.79 Å². The van der Waals surface area contributed by atoms with E-state index in [0.717, 1.165) is 22.4 Å². The lowest BCUT2D eigenvalue weighted by atomic mass is 10.0. The van der Waals surface area contributed by atoms with E-state index >= 15 is 0 Å². The third kappa shape index (κ3) is 7.91. The van der Waals surface area contributed by atoms with Crippen molar-refractivity contribution in [2.75, 3.05) is 25.3 Å². The van der Waals surface area contributed by atoms with E-state index in [1.54, 1.807) is 36.2 Å². The third-order valence-corrected chi connectivity index (χ3v) is 7.31. The Hall–Kier alpha value is -5.51. The molecule has 0 unspecified atom stereocenters. The summed E-state index contributed by atoms with van der Waals surface area (Å²) in [6.45, 7) is 0.392. The number of para-hydroxylation sites is 1. The van der Waals surface area contributed by atoms with E-state index in [2.05, 4.69) is 0 Å². The van der Waals surface area contributed by atoms with Gasteiger partial charge in [-0.2, -0.15) is 0 Å². The highest BCUT2D eigenvalue weighted by Crippen LogP contribution is 2.37. The molecular formula is C35H33NO9. The van der Waals surface area contributed by atoms with Crippen molar-refractivity contribution in [2.24, 2.45) is 0 Å². The number of rotatable bonds is 14. The molecule has 0 saturated heterocycles. The smallest absolute Gasteiger partial charge is 0.303 e. The fourth-order valence-electron chi connectivity index (χ4n) is 4.97. The van der Waals surface area contributed by atoms with E-state index in [9.17, 15) is 19.5 Å². The molecule has 0 bridgehead atoms. The SMILES string of the molecule is CN(C(=O)c1cc(OCc2cccc(OCCCC(=O)O)c2CCC(=O)O)cc(-c2ccc3c(c2)OCO3)c1)c1ccccc1. The molecular weight excluding hydrogens is 578 g/mol. The van der Waals surface area contributed by atoms with Crippen LogP contribution in [0.4, 0.5) is 5.69 Å². The van der Waals surface area contributed by atoms with Gasteiger partial charge in [0.05, 0.1) is 6.61 Å². The first kappa shape index (κ1) is 30.9. The Labute approximate surface area is 260 Å². The van der Waals surface area contributed by atoms with E-state index in [0.29, 0.717) is 40.5 Å². The quantitative estimate of drug-likeness (QED) is 0.160. The molecule has 0 radical (unpaired) electrons. The first-order chi connectivity index (χ1) is 21.8. The highest BCUT2D eigenvalue weighted by molar-refractivity contribution is 6.06. The Bertz CT molecular complexity index is 1690. The van der Waals surface area contributed by atoms with Gasteiger partial charge in [0.1, 0.15) is 18.1 Å². The highest BCUT2D eigenvalue weighted by Gasteiger charge is 2.19. The van der Waals surface area contributed by atoms with Crippen LogP contribution in [0.25, 0.3) is 11.1 Å². The minimum Gasteiger partial charge on any atom is -0.493 e. The van der Waals surface area contributed by atoms with Crippen molar-refractivity contribution in [3.8, 4) is 34.1 Å². The molecule has 10 nitrogen and oxygen atoms in total. The summed E-state index contributed by atoms with van der Waals surface area (Å²) in [6, 6.07) is 25.5. The number of anilines is 1. The van der Waals surface area contributed by atoms with Crippen molar-refractivity contribution in [3.05, 3.63) is 102 Å². The second-order valence-electron chi connectivity index (χ2n) is 10.4. The molecule has 1 aliphatic heterocycles. The van der Waals surface area contributed by atoms with E-state index in [1.807, 2.05) is 60.7 Å². The predicted molar refractivity (Wildman–Crippen MR) is 166 cm³/mol. The molecule has 232 valence electrons. The number of hydrogen-bond acceptors (Lipinski definition) is 7. The van der Waals surface area contributed by atoms with Crippen molar-refractivity contribution in [1.29, 1.82) is 0 Å². The highest BCUT2D eigenvalue weighted by atomic mass is 16.7. The van der Waals surface area contributed by atoms with Gasteiger partial charge in [-0.3, -0.25) is 14.4 Å². The summed E-state index contributed by atoms with van der Waals surface area (Å²) in [5.41, 5.74) is 4.07. The van der Waals surface area contributed by atoms with Gasteiger partial charge in [0.15, 0.2) is 11.5 Å². The van der Waals surface area contributed by atoms with Crippen molar-refractivity contribution >= 4 is 23.5 Å². The number of carbonyl (C=O) groups excluding carboxylic acids is 1. The molecule has 1 aliphatic rings. The topological polar surface area (TPSA) is 132 Å². The number of amides is 1. The van der Waals surface area contributed by atoms with Gasteiger partial charge in [-0.1, -0.05) is 36.4 Å². The Morgan fingerprint density at radius 1 is 0.800 bits per heavy atom. The minimum absolute atomic E-state index is 0.0342. The van der Waals surface area contributed by atoms with Crippen molar-refractivity contribution in [2.45, 2.75) is 32.3 Å². The predicted octanol–water partition coefficient (Wildman–Crippen LogP) is 6.20. The lowest BCUT2D eigenvalue weighted by Crippen LogP contribution is -2.26. The Kier molecular flexibility index (Phi) is 9.83. The zero-order chi connectivity index (χ0) is 31.8. The van der Waals surface area contributed by atoms with E-state index in [-0.39, 0.29) is 45.2 Å².